The minimum atomic E-state index is -2.50. The van der Waals surface area contributed by atoms with Gasteiger partial charge in [-0.3, -0.25) is 14.3 Å². The first-order valence-electron chi connectivity index (χ1n) is 9.83. The molecule has 3 aromatic rings. The van der Waals surface area contributed by atoms with Crippen LogP contribution in [0, 0.1) is 0 Å². The van der Waals surface area contributed by atoms with Gasteiger partial charge in [0.15, 0.2) is 0 Å². The Labute approximate surface area is 187 Å². The second kappa shape index (κ2) is 11.0. The quantitative estimate of drug-likeness (QED) is 0.450. The number of thioether (sulfide) groups is 1. The van der Waals surface area contributed by atoms with E-state index in [1.54, 1.807) is 36.3 Å². The number of aromatic nitrogens is 2. The summed E-state index contributed by atoms with van der Waals surface area (Å²) in [5.74, 6) is -2.45. The van der Waals surface area contributed by atoms with E-state index in [1.807, 2.05) is 30.3 Å². The van der Waals surface area contributed by atoms with Gasteiger partial charge in [-0.25, -0.2) is 4.79 Å². The second-order valence-electron chi connectivity index (χ2n) is 7.00. The van der Waals surface area contributed by atoms with Crippen LogP contribution in [0.1, 0.15) is 11.1 Å². The average Bonchev–Trinajstić information content (AvgIpc) is 2.76. The Morgan fingerprint density at radius 2 is 1.78 bits per heavy atom. The van der Waals surface area contributed by atoms with Crippen LogP contribution in [0.25, 0.3) is 0 Å². The summed E-state index contributed by atoms with van der Waals surface area (Å²) < 4.78 is 31.6. The van der Waals surface area contributed by atoms with Crippen LogP contribution in [0.5, 0.6) is 0 Å². The van der Waals surface area contributed by atoms with Crippen LogP contribution in [0.3, 0.4) is 0 Å². The Bertz CT molecular complexity index is 1130. The molecule has 0 saturated carbocycles. The van der Waals surface area contributed by atoms with Crippen molar-refractivity contribution in [2.24, 2.45) is 0 Å². The molecule has 0 aliphatic heterocycles. The molecule has 3 rings (SSSR count). The molecular weight excluding hydrogens is 438 g/mol. The number of anilines is 2. The summed E-state index contributed by atoms with van der Waals surface area (Å²) in [6.07, 6.45) is 0. The maximum atomic E-state index is 12.7. The Kier molecular flexibility index (Phi) is 8.07. The van der Waals surface area contributed by atoms with Crippen molar-refractivity contribution >= 4 is 23.3 Å². The summed E-state index contributed by atoms with van der Waals surface area (Å²) in [5, 5.41) is 0. The van der Waals surface area contributed by atoms with E-state index < -0.39 is 17.0 Å². The molecule has 1 aromatic heterocycles. The first-order chi connectivity index (χ1) is 15.4. The number of ether oxygens (including phenoxy) is 1. The van der Waals surface area contributed by atoms with Gasteiger partial charge in [0.05, 0.1) is 13.2 Å². The molecule has 10 heteroatoms. The van der Waals surface area contributed by atoms with Crippen LogP contribution >= 0.6 is 11.8 Å². The Hall–Kier alpha value is -3.11. The Morgan fingerprint density at radius 3 is 2.41 bits per heavy atom. The molecule has 0 aliphatic carbocycles. The Morgan fingerprint density at radius 1 is 1.09 bits per heavy atom. The minimum Gasteiger partial charge on any atom is -0.383 e. The smallest absolute Gasteiger partial charge is 0.330 e. The highest BCUT2D eigenvalue weighted by Crippen LogP contribution is 2.26. The van der Waals surface area contributed by atoms with Gasteiger partial charge in [0.2, 0.25) is 0 Å². The van der Waals surface area contributed by atoms with E-state index in [4.69, 9.17) is 10.5 Å². The topological polar surface area (TPSA) is 93.3 Å². The third kappa shape index (κ3) is 5.98. The summed E-state index contributed by atoms with van der Waals surface area (Å²) in [6, 6.07) is 15.9. The predicted octanol–water partition coefficient (Wildman–Crippen LogP) is 3.13. The maximum absolute atomic E-state index is 12.7. The number of hydrogen-bond donors (Lipinski definition) is 2. The van der Waals surface area contributed by atoms with Gasteiger partial charge in [-0.05, 0) is 23.3 Å². The monoisotopic (exact) mass is 462 g/mol. The van der Waals surface area contributed by atoms with Crippen molar-refractivity contribution in [3.63, 3.8) is 0 Å². The number of nitrogens with one attached hydrogen (secondary N) is 1. The summed E-state index contributed by atoms with van der Waals surface area (Å²) in [4.78, 5) is 29.7. The highest BCUT2D eigenvalue weighted by atomic mass is 32.2. The van der Waals surface area contributed by atoms with Crippen LogP contribution in [0.2, 0.25) is 0 Å². The fraction of sp³-hybridized carbons (Fsp3) is 0.273. The lowest BCUT2D eigenvalue weighted by Gasteiger charge is -2.26. The van der Waals surface area contributed by atoms with Gasteiger partial charge in [-0.2, -0.15) is 8.78 Å². The van der Waals surface area contributed by atoms with Crippen LogP contribution in [-0.2, 0) is 17.8 Å². The zero-order chi connectivity index (χ0) is 23.1. The third-order valence-corrected chi connectivity index (χ3v) is 5.52. The van der Waals surface area contributed by atoms with Crippen molar-refractivity contribution in [3.8, 4) is 0 Å². The Balaban J connectivity index is 1.95. The van der Waals surface area contributed by atoms with Gasteiger partial charge < -0.3 is 15.4 Å². The molecule has 7 nitrogen and oxygen atoms in total. The summed E-state index contributed by atoms with van der Waals surface area (Å²) in [5.41, 5.74) is 6.92. The first kappa shape index (κ1) is 23.6. The van der Waals surface area contributed by atoms with Crippen LogP contribution in [0.4, 0.5) is 20.3 Å². The number of hydrogen-bond acceptors (Lipinski definition) is 6. The van der Waals surface area contributed by atoms with Gasteiger partial charge in [-0.1, -0.05) is 54.2 Å². The highest BCUT2D eigenvalue weighted by molar-refractivity contribution is 7.99. The lowest BCUT2D eigenvalue weighted by molar-refractivity contribution is 0.205. The largest absolute Gasteiger partial charge is 0.383 e. The van der Waals surface area contributed by atoms with E-state index in [-0.39, 0.29) is 24.6 Å². The van der Waals surface area contributed by atoms with Gasteiger partial charge in [0, 0.05) is 25.1 Å². The molecule has 0 spiro atoms. The van der Waals surface area contributed by atoms with Crippen molar-refractivity contribution in [1.82, 2.24) is 9.55 Å². The molecule has 3 N–H and O–H groups in total. The zero-order valence-electron chi connectivity index (χ0n) is 17.5. The molecule has 1 heterocycles. The van der Waals surface area contributed by atoms with Crippen molar-refractivity contribution in [2.75, 3.05) is 30.9 Å². The second-order valence-corrected chi connectivity index (χ2v) is 8.07. The van der Waals surface area contributed by atoms with E-state index in [1.165, 1.54) is 4.57 Å². The molecule has 0 saturated heterocycles. The average molecular weight is 463 g/mol. The number of methoxy groups -OCH3 is 1. The molecule has 0 aliphatic rings. The molecular formula is C22H24F2N4O3S. The van der Waals surface area contributed by atoms with Crippen molar-refractivity contribution in [2.45, 2.75) is 23.7 Å². The fourth-order valence-corrected chi connectivity index (χ4v) is 3.77. The molecule has 0 bridgehead atoms. The normalized spacial score (nSPS) is 11.1. The molecule has 0 unspecified atom stereocenters. The van der Waals surface area contributed by atoms with Gasteiger partial charge >= 0.3 is 5.69 Å². The van der Waals surface area contributed by atoms with Crippen molar-refractivity contribution < 1.29 is 13.5 Å². The highest BCUT2D eigenvalue weighted by Gasteiger charge is 2.19. The number of alkyl halides is 2. The molecule has 2 aromatic carbocycles. The van der Waals surface area contributed by atoms with E-state index in [0.717, 1.165) is 11.1 Å². The number of nitrogens with zero attached hydrogens (tertiary/aromatic N) is 2. The fourth-order valence-electron chi connectivity index (χ4n) is 3.27. The van der Waals surface area contributed by atoms with Gasteiger partial charge in [-0.15, -0.1) is 0 Å². The molecule has 170 valence electrons. The molecule has 0 amide bonds. The number of rotatable bonds is 10. The molecule has 0 atom stereocenters. The number of halogens is 2. The van der Waals surface area contributed by atoms with Crippen molar-refractivity contribution in [1.29, 1.82) is 0 Å². The lowest BCUT2D eigenvalue weighted by atomic mass is 10.2. The van der Waals surface area contributed by atoms with Gasteiger partial charge in [0.25, 0.3) is 11.3 Å². The number of H-pyrrole nitrogens is 1. The molecule has 0 radical (unpaired) electrons. The maximum Gasteiger partial charge on any atom is 0.330 e. The van der Waals surface area contributed by atoms with E-state index in [0.29, 0.717) is 29.8 Å². The summed E-state index contributed by atoms with van der Waals surface area (Å²) in [7, 11) is 1.54. The zero-order valence-corrected chi connectivity index (χ0v) is 18.3. The molecule has 0 fully saturated rings. The lowest BCUT2D eigenvalue weighted by Crippen LogP contribution is -2.39. The number of nitrogens with two attached hydrogens (primary N) is 1. The third-order valence-electron chi connectivity index (χ3n) is 4.80. The standard InChI is InChI=1S/C22H24F2N4O3S/c1-31-12-11-27(13-16-7-9-17(10-8-16)32-21(23)24)18-19(25)28(22(30)26-20(18)29)14-15-5-3-2-4-6-15/h2-10,21H,11-14,25H2,1H3,(H,26,29,30). The van der Waals surface area contributed by atoms with Crippen LogP contribution in [0.15, 0.2) is 69.1 Å². The number of benzene rings is 2. The first-order valence-corrected chi connectivity index (χ1v) is 10.7. The van der Waals surface area contributed by atoms with Crippen LogP contribution < -0.4 is 21.9 Å². The van der Waals surface area contributed by atoms with E-state index in [2.05, 4.69) is 4.98 Å². The SMILES string of the molecule is COCCN(Cc1ccc(SC(F)F)cc1)c1c(N)n(Cc2ccccc2)c(=O)[nH]c1=O. The van der Waals surface area contributed by atoms with E-state index >= 15 is 0 Å². The number of nitrogen functional groups attached to an aromatic ring is 1. The summed E-state index contributed by atoms with van der Waals surface area (Å²) in [6.45, 7) is 1.13. The predicted molar refractivity (Wildman–Crippen MR) is 123 cm³/mol. The van der Waals surface area contributed by atoms with Crippen LogP contribution in [-0.4, -0.2) is 35.6 Å². The van der Waals surface area contributed by atoms with Gasteiger partial charge in [0.1, 0.15) is 11.5 Å². The summed E-state index contributed by atoms with van der Waals surface area (Å²) >= 11 is 0.466. The minimum absolute atomic E-state index is 0.0450. The van der Waals surface area contributed by atoms with Crippen molar-refractivity contribution in [3.05, 3.63) is 86.6 Å². The number of aromatic amines is 1. The van der Waals surface area contributed by atoms with E-state index in [9.17, 15) is 18.4 Å². The molecule has 32 heavy (non-hydrogen) atoms.